The fourth-order valence-electron chi connectivity index (χ4n) is 3.17. The van der Waals surface area contributed by atoms with Crippen molar-refractivity contribution in [3.8, 4) is 0 Å². The summed E-state index contributed by atoms with van der Waals surface area (Å²) < 4.78 is 8.27. The molecule has 0 atom stereocenters. The number of aromatic nitrogens is 5. The number of anilines is 1. The van der Waals surface area contributed by atoms with Gasteiger partial charge in [-0.15, -0.1) is 0 Å². The summed E-state index contributed by atoms with van der Waals surface area (Å²) in [6, 6.07) is 9.19. The van der Waals surface area contributed by atoms with Gasteiger partial charge in [-0.3, -0.25) is 24.3 Å². The number of aryl methyl sites for hydroxylation is 2. The molecule has 0 aliphatic heterocycles. The maximum Gasteiger partial charge on any atom is 0.307 e. The predicted molar refractivity (Wildman–Crippen MR) is 115 cm³/mol. The van der Waals surface area contributed by atoms with Crippen LogP contribution in [-0.4, -0.2) is 35.5 Å². The molecule has 0 aliphatic rings. The molecule has 0 radical (unpaired) electrons. The number of hydrogen-bond acceptors (Lipinski definition) is 7. The molecule has 12 heteroatoms. The van der Waals surface area contributed by atoms with E-state index < -0.39 is 10.8 Å². The molecule has 164 valence electrons. The molecular formula is C20H18ClN7O4. The Morgan fingerprint density at radius 2 is 2.09 bits per heavy atom. The molecule has 3 aromatic heterocycles. The van der Waals surface area contributed by atoms with Crippen LogP contribution in [0.15, 0.2) is 47.2 Å². The van der Waals surface area contributed by atoms with E-state index in [-0.39, 0.29) is 17.9 Å². The van der Waals surface area contributed by atoms with Gasteiger partial charge < -0.3 is 9.84 Å². The highest BCUT2D eigenvalue weighted by Crippen LogP contribution is 2.19. The molecule has 0 saturated heterocycles. The summed E-state index contributed by atoms with van der Waals surface area (Å²) in [5.74, 6) is 0.262. The van der Waals surface area contributed by atoms with Crippen LogP contribution in [0.2, 0.25) is 5.02 Å². The SMILES string of the molecule is Cc1onc(C(=O)Nc2cc(C)n(Cc3cccc(Cl)c3)n2)c1Cn1cc([N+](=O)[O-])cn1. The van der Waals surface area contributed by atoms with Gasteiger partial charge in [0.2, 0.25) is 0 Å². The lowest BCUT2D eigenvalue weighted by atomic mass is 10.2. The first-order valence-electron chi connectivity index (χ1n) is 9.52. The van der Waals surface area contributed by atoms with Crippen LogP contribution in [0.3, 0.4) is 0 Å². The highest BCUT2D eigenvalue weighted by molar-refractivity contribution is 6.30. The summed E-state index contributed by atoms with van der Waals surface area (Å²) in [6.45, 7) is 4.12. The predicted octanol–water partition coefficient (Wildman–Crippen LogP) is 3.59. The molecule has 32 heavy (non-hydrogen) atoms. The van der Waals surface area contributed by atoms with Gasteiger partial charge in [0.1, 0.15) is 18.2 Å². The first kappa shape index (κ1) is 21.2. The van der Waals surface area contributed by atoms with Crippen molar-refractivity contribution in [3.05, 3.63) is 86.1 Å². The molecule has 1 N–H and O–H groups in total. The fraction of sp³-hybridized carbons (Fsp3) is 0.200. The van der Waals surface area contributed by atoms with Crippen molar-refractivity contribution in [3.63, 3.8) is 0 Å². The van der Waals surface area contributed by atoms with E-state index in [1.54, 1.807) is 23.7 Å². The number of carbonyl (C=O) groups is 1. The van der Waals surface area contributed by atoms with Crippen LogP contribution in [-0.2, 0) is 13.1 Å². The normalized spacial score (nSPS) is 11.0. The Morgan fingerprint density at radius 1 is 1.28 bits per heavy atom. The van der Waals surface area contributed by atoms with Crippen molar-refractivity contribution in [2.24, 2.45) is 0 Å². The molecule has 4 rings (SSSR count). The number of hydrogen-bond donors (Lipinski definition) is 1. The fourth-order valence-corrected chi connectivity index (χ4v) is 3.38. The van der Waals surface area contributed by atoms with Crippen molar-refractivity contribution >= 4 is 29.0 Å². The number of carbonyl (C=O) groups excluding carboxylic acids is 1. The van der Waals surface area contributed by atoms with E-state index >= 15 is 0 Å². The van der Waals surface area contributed by atoms with E-state index in [0.717, 1.165) is 17.5 Å². The van der Waals surface area contributed by atoms with Gasteiger partial charge in [0.05, 0.1) is 18.0 Å². The summed E-state index contributed by atoms with van der Waals surface area (Å²) in [4.78, 5) is 23.2. The third kappa shape index (κ3) is 4.52. The van der Waals surface area contributed by atoms with Crippen LogP contribution in [0.25, 0.3) is 0 Å². The minimum Gasteiger partial charge on any atom is -0.361 e. The Morgan fingerprint density at radius 3 is 2.81 bits per heavy atom. The minimum atomic E-state index is -0.542. The summed E-state index contributed by atoms with van der Waals surface area (Å²) in [6.07, 6.45) is 2.41. The third-order valence-corrected chi connectivity index (χ3v) is 5.03. The maximum absolute atomic E-state index is 12.8. The quantitative estimate of drug-likeness (QED) is 0.332. The van der Waals surface area contributed by atoms with Gasteiger partial charge in [0.25, 0.3) is 5.91 Å². The standard InChI is InChI=1S/C20H18ClN7O4/c1-12-6-18(24-27(12)9-14-4-3-5-15(21)7-14)23-20(29)19-17(13(2)32-25-19)11-26-10-16(8-22-26)28(30)31/h3-8,10H,9,11H2,1-2H3,(H,23,24,29). The van der Waals surface area contributed by atoms with E-state index in [9.17, 15) is 14.9 Å². The summed E-state index contributed by atoms with van der Waals surface area (Å²) >= 11 is 6.04. The summed E-state index contributed by atoms with van der Waals surface area (Å²) in [5, 5.41) is 26.5. The smallest absolute Gasteiger partial charge is 0.307 e. The molecule has 4 aromatic rings. The Kier molecular flexibility index (Phi) is 5.73. The lowest BCUT2D eigenvalue weighted by Crippen LogP contribution is -2.16. The number of nitrogens with zero attached hydrogens (tertiary/aromatic N) is 6. The van der Waals surface area contributed by atoms with Crippen molar-refractivity contribution in [2.45, 2.75) is 26.9 Å². The van der Waals surface area contributed by atoms with Crippen LogP contribution < -0.4 is 5.32 Å². The summed E-state index contributed by atoms with van der Waals surface area (Å²) in [7, 11) is 0. The maximum atomic E-state index is 12.8. The number of nitrogens with one attached hydrogen (secondary N) is 1. The molecule has 0 spiro atoms. The van der Waals surface area contributed by atoms with Gasteiger partial charge in [-0.05, 0) is 31.5 Å². The second kappa shape index (κ2) is 8.63. The van der Waals surface area contributed by atoms with E-state index in [4.69, 9.17) is 16.1 Å². The van der Waals surface area contributed by atoms with Crippen LogP contribution in [0.1, 0.15) is 33.1 Å². The molecule has 1 amide bonds. The van der Waals surface area contributed by atoms with E-state index in [1.165, 1.54) is 10.9 Å². The van der Waals surface area contributed by atoms with E-state index in [2.05, 4.69) is 20.7 Å². The Bertz CT molecular complexity index is 1310. The minimum absolute atomic E-state index is 0.0581. The Labute approximate surface area is 186 Å². The van der Waals surface area contributed by atoms with Crippen LogP contribution in [0.5, 0.6) is 0 Å². The van der Waals surface area contributed by atoms with Crippen LogP contribution >= 0.6 is 11.6 Å². The third-order valence-electron chi connectivity index (χ3n) is 4.79. The Balaban J connectivity index is 1.50. The molecule has 0 aliphatic carbocycles. The van der Waals surface area contributed by atoms with E-state index in [1.807, 2.05) is 25.1 Å². The lowest BCUT2D eigenvalue weighted by molar-refractivity contribution is -0.385. The lowest BCUT2D eigenvalue weighted by Gasteiger charge is -2.05. The second-order valence-corrected chi connectivity index (χ2v) is 7.57. The molecule has 0 saturated carbocycles. The van der Waals surface area contributed by atoms with Gasteiger partial charge in [-0.2, -0.15) is 10.2 Å². The van der Waals surface area contributed by atoms with E-state index in [0.29, 0.717) is 28.7 Å². The molecule has 0 fully saturated rings. The molecular weight excluding hydrogens is 438 g/mol. The monoisotopic (exact) mass is 455 g/mol. The number of benzene rings is 1. The van der Waals surface area contributed by atoms with Crippen LogP contribution in [0.4, 0.5) is 11.5 Å². The van der Waals surface area contributed by atoms with Gasteiger partial charge in [-0.25, -0.2) is 0 Å². The number of amides is 1. The van der Waals surface area contributed by atoms with Crippen molar-refractivity contribution in [2.75, 3.05) is 5.32 Å². The molecule has 0 bridgehead atoms. The van der Waals surface area contributed by atoms with Crippen LogP contribution in [0, 0.1) is 24.0 Å². The first-order chi connectivity index (χ1) is 15.3. The van der Waals surface area contributed by atoms with Gasteiger partial charge in [0.15, 0.2) is 11.5 Å². The zero-order valence-electron chi connectivity index (χ0n) is 17.1. The van der Waals surface area contributed by atoms with Gasteiger partial charge in [0, 0.05) is 22.3 Å². The zero-order chi connectivity index (χ0) is 22.8. The van der Waals surface area contributed by atoms with Gasteiger partial charge in [-0.1, -0.05) is 28.9 Å². The number of rotatable bonds is 7. The average Bonchev–Trinajstić information content (AvgIpc) is 3.43. The molecule has 3 heterocycles. The second-order valence-electron chi connectivity index (χ2n) is 7.13. The highest BCUT2D eigenvalue weighted by Gasteiger charge is 2.22. The van der Waals surface area contributed by atoms with Crippen molar-refractivity contribution < 1.29 is 14.2 Å². The Hall–Kier alpha value is -3.99. The van der Waals surface area contributed by atoms with Gasteiger partial charge >= 0.3 is 5.69 Å². The topological polar surface area (TPSA) is 134 Å². The van der Waals surface area contributed by atoms with Crippen molar-refractivity contribution in [1.29, 1.82) is 0 Å². The number of nitro groups is 1. The van der Waals surface area contributed by atoms with Crippen molar-refractivity contribution in [1.82, 2.24) is 24.7 Å². The summed E-state index contributed by atoms with van der Waals surface area (Å²) in [5.41, 5.74) is 2.20. The highest BCUT2D eigenvalue weighted by atomic mass is 35.5. The molecule has 1 aromatic carbocycles. The molecule has 0 unspecified atom stereocenters. The largest absolute Gasteiger partial charge is 0.361 e. The molecule has 11 nitrogen and oxygen atoms in total. The average molecular weight is 456 g/mol. The first-order valence-corrected chi connectivity index (χ1v) is 9.90. The zero-order valence-corrected chi connectivity index (χ0v) is 17.9. The number of halogens is 1.